The summed E-state index contributed by atoms with van der Waals surface area (Å²) in [7, 11) is 1.60. The predicted molar refractivity (Wildman–Crippen MR) is 78.0 cm³/mol. The minimum atomic E-state index is -0.770. The van der Waals surface area contributed by atoms with E-state index in [4.69, 9.17) is 9.84 Å². The molecule has 2 atom stereocenters. The average molecular weight is 291 g/mol. The van der Waals surface area contributed by atoms with Gasteiger partial charge in [-0.05, 0) is 31.4 Å². The van der Waals surface area contributed by atoms with E-state index in [2.05, 4.69) is 0 Å². The van der Waals surface area contributed by atoms with Crippen LogP contribution >= 0.6 is 0 Å². The van der Waals surface area contributed by atoms with Crippen molar-refractivity contribution in [2.24, 2.45) is 5.92 Å². The third-order valence-corrected chi connectivity index (χ3v) is 4.03. The van der Waals surface area contributed by atoms with Gasteiger partial charge in [0.1, 0.15) is 0 Å². The van der Waals surface area contributed by atoms with Crippen molar-refractivity contribution in [3.8, 4) is 0 Å². The molecule has 0 aromatic heterocycles. The summed E-state index contributed by atoms with van der Waals surface area (Å²) in [5.74, 6) is -1.16. The highest BCUT2D eigenvalue weighted by atomic mass is 16.5. The Balaban J connectivity index is 2.16. The molecule has 1 N–H and O–H groups in total. The molecule has 0 spiro atoms. The van der Waals surface area contributed by atoms with E-state index >= 15 is 0 Å². The second-order valence-electron chi connectivity index (χ2n) is 5.50. The third-order valence-electron chi connectivity index (χ3n) is 4.03. The molecule has 5 heteroatoms. The Kier molecular flexibility index (Phi) is 4.96. The van der Waals surface area contributed by atoms with E-state index in [-0.39, 0.29) is 17.9 Å². The summed E-state index contributed by atoms with van der Waals surface area (Å²) in [6.45, 7) is 2.78. The number of benzene rings is 1. The lowest BCUT2D eigenvalue weighted by Crippen LogP contribution is -2.46. The number of amides is 1. The number of carbonyl (C=O) groups excluding carboxylic acids is 1. The van der Waals surface area contributed by atoms with Crippen LogP contribution in [0.3, 0.4) is 0 Å². The largest absolute Gasteiger partial charge is 0.481 e. The van der Waals surface area contributed by atoms with Gasteiger partial charge in [-0.2, -0.15) is 0 Å². The molecule has 0 radical (unpaired) electrons. The van der Waals surface area contributed by atoms with Crippen molar-refractivity contribution >= 4 is 11.9 Å². The van der Waals surface area contributed by atoms with E-state index < -0.39 is 5.97 Å². The smallest absolute Gasteiger partial charge is 0.306 e. The van der Waals surface area contributed by atoms with Crippen LogP contribution in [-0.4, -0.2) is 41.6 Å². The molecule has 1 aliphatic heterocycles. The van der Waals surface area contributed by atoms with Crippen LogP contribution in [0, 0.1) is 5.92 Å². The van der Waals surface area contributed by atoms with Gasteiger partial charge in [0.2, 0.25) is 0 Å². The number of carboxylic acid groups (broad SMARTS) is 1. The van der Waals surface area contributed by atoms with Crippen molar-refractivity contribution in [3.05, 3.63) is 35.4 Å². The molecule has 2 unspecified atom stereocenters. The number of likely N-dealkylation sites (tertiary alicyclic amines) is 1. The van der Waals surface area contributed by atoms with Gasteiger partial charge in [-0.3, -0.25) is 9.59 Å². The molecule has 1 heterocycles. The van der Waals surface area contributed by atoms with Crippen LogP contribution in [-0.2, 0) is 16.1 Å². The van der Waals surface area contributed by atoms with Gasteiger partial charge in [-0.25, -0.2) is 0 Å². The number of piperidine rings is 1. The van der Waals surface area contributed by atoms with E-state index in [1.165, 1.54) is 0 Å². The van der Waals surface area contributed by atoms with Crippen molar-refractivity contribution in [1.29, 1.82) is 0 Å². The number of ether oxygens (including phenoxy) is 1. The summed E-state index contributed by atoms with van der Waals surface area (Å²) in [4.78, 5) is 25.5. The standard InChI is InChI=1S/C16H21NO4/c1-11-9-12(16(19)20)7-8-17(11)15(18)14-6-4-3-5-13(14)10-21-2/h3-6,11-12H,7-10H2,1-2H3,(H,19,20). The highest BCUT2D eigenvalue weighted by molar-refractivity contribution is 5.96. The van der Waals surface area contributed by atoms with E-state index in [1.807, 2.05) is 25.1 Å². The molecule has 1 aliphatic rings. The molecule has 21 heavy (non-hydrogen) atoms. The van der Waals surface area contributed by atoms with E-state index in [0.29, 0.717) is 31.6 Å². The SMILES string of the molecule is COCc1ccccc1C(=O)N1CCC(C(=O)O)CC1C. The first kappa shape index (κ1) is 15.5. The zero-order valence-corrected chi connectivity index (χ0v) is 12.4. The zero-order chi connectivity index (χ0) is 15.4. The molecule has 2 rings (SSSR count). The summed E-state index contributed by atoms with van der Waals surface area (Å²) < 4.78 is 5.13. The fourth-order valence-electron chi connectivity index (χ4n) is 2.86. The number of hydrogen-bond acceptors (Lipinski definition) is 3. The Labute approximate surface area is 124 Å². The summed E-state index contributed by atoms with van der Waals surface area (Å²) in [6.07, 6.45) is 1.02. The van der Waals surface area contributed by atoms with E-state index in [1.54, 1.807) is 18.1 Å². The normalized spacial score (nSPS) is 22.1. The molecule has 5 nitrogen and oxygen atoms in total. The van der Waals surface area contributed by atoms with Gasteiger partial charge in [-0.15, -0.1) is 0 Å². The topological polar surface area (TPSA) is 66.8 Å². The van der Waals surface area contributed by atoms with Crippen LogP contribution in [0.15, 0.2) is 24.3 Å². The molecule has 1 aromatic rings. The molecule has 114 valence electrons. The Morgan fingerprint density at radius 1 is 1.38 bits per heavy atom. The molecule has 0 bridgehead atoms. The van der Waals surface area contributed by atoms with Crippen molar-refractivity contribution in [3.63, 3.8) is 0 Å². The maximum Gasteiger partial charge on any atom is 0.306 e. The van der Waals surface area contributed by atoms with Crippen LogP contribution in [0.5, 0.6) is 0 Å². The number of aliphatic carboxylic acids is 1. The van der Waals surface area contributed by atoms with E-state index in [0.717, 1.165) is 5.56 Å². The van der Waals surface area contributed by atoms with Gasteiger partial charge >= 0.3 is 5.97 Å². The van der Waals surface area contributed by atoms with Crippen LogP contribution < -0.4 is 0 Å². The second-order valence-corrected chi connectivity index (χ2v) is 5.50. The predicted octanol–water partition coefficient (Wildman–Crippen LogP) is 2.16. The van der Waals surface area contributed by atoms with Crippen LogP contribution in [0.25, 0.3) is 0 Å². The Morgan fingerprint density at radius 2 is 2.10 bits per heavy atom. The quantitative estimate of drug-likeness (QED) is 0.923. The van der Waals surface area contributed by atoms with Gasteiger partial charge in [-0.1, -0.05) is 18.2 Å². The third kappa shape index (κ3) is 3.42. The first-order valence-corrected chi connectivity index (χ1v) is 7.15. The van der Waals surface area contributed by atoms with Gasteiger partial charge in [0.05, 0.1) is 12.5 Å². The average Bonchev–Trinajstić information content (AvgIpc) is 2.47. The maximum atomic E-state index is 12.7. The summed E-state index contributed by atoms with van der Waals surface area (Å²) in [5, 5.41) is 9.09. The Bertz CT molecular complexity index is 529. The first-order chi connectivity index (χ1) is 10.0. The molecule has 0 aliphatic carbocycles. The van der Waals surface area contributed by atoms with Gasteiger partial charge in [0, 0.05) is 25.3 Å². The molecule has 1 amide bonds. The lowest BCUT2D eigenvalue weighted by molar-refractivity contribution is -0.143. The van der Waals surface area contributed by atoms with Crippen molar-refractivity contribution in [2.75, 3.05) is 13.7 Å². The summed E-state index contributed by atoms with van der Waals surface area (Å²) in [5.41, 5.74) is 1.50. The van der Waals surface area contributed by atoms with Crippen molar-refractivity contribution < 1.29 is 19.4 Å². The number of rotatable bonds is 4. The van der Waals surface area contributed by atoms with Crippen LogP contribution in [0.4, 0.5) is 0 Å². The van der Waals surface area contributed by atoms with Gasteiger partial charge in [0.25, 0.3) is 5.91 Å². The molecule has 1 fully saturated rings. The number of nitrogens with zero attached hydrogens (tertiary/aromatic N) is 1. The van der Waals surface area contributed by atoms with Crippen LogP contribution in [0.2, 0.25) is 0 Å². The number of carbonyl (C=O) groups is 2. The lowest BCUT2D eigenvalue weighted by Gasteiger charge is -2.36. The van der Waals surface area contributed by atoms with Crippen molar-refractivity contribution in [1.82, 2.24) is 4.90 Å². The number of methoxy groups -OCH3 is 1. The molecular formula is C16H21NO4. The summed E-state index contributed by atoms with van der Waals surface area (Å²) in [6, 6.07) is 7.33. The molecule has 1 saturated heterocycles. The van der Waals surface area contributed by atoms with Gasteiger partial charge in [0.15, 0.2) is 0 Å². The Morgan fingerprint density at radius 3 is 2.71 bits per heavy atom. The monoisotopic (exact) mass is 291 g/mol. The van der Waals surface area contributed by atoms with E-state index in [9.17, 15) is 9.59 Å². The maximum absolute atomic E-state index is 12.7. The van der Waals surface area contributed by atoms with Gasteiger partial charge < -0.3 is 14.7 Å². The highest BCUT2D eigenvalue weighted by Crippen LogP contribution is 2.25. The first-order valence-electron chi connectivity index (χ1n) is 7.15. The fraction of sp³-hybridized carbons (Fsp3) is 0.500. The molecular weight excluding hydrogens is 270 g/mol. The minimum Gasteiger partial charge on any atom is -0.481 e. The second kappa shape index (κ2) is 6.72. The Hall–Kier alpha value is -1.88. The lowest BCUT2D eigenvalue weighted by atomic mass is 9.91. The fourth-order valence-corrected chi connectivity index (χ4v) is 2.86. The summed E-state index contributed by atoms with van der Waals surface area (Å²) >= 11 is 0. The number of carboxylic acids is 1. The van der Waals surface area contributed by atoms with Crippen molar-refractivity contribution in [2.45, 2.75) is 32.4 Å². The molecule has 1 aromatic carbocycles. The minimum absolute atomic E-state index is 0.0426. The van der Waals surface area contributed by atoms with Crippen LogP contribution in [0.1, 0.15) is 35.7 Å². The zero-order valence-electron chi connectivity index (χ0n) is 12.4. The highest BCUT2D eigenvalue weighted by Gasteiger charge is 2.33. The number of hydrogen-bond donors (Lipinski definition) is 1. The molecule has 0 saturated carbocycles.